The van der Waals surface area contributed by atoms with Gasteiger partial charge in [-0.15, -0.1) is 6.42 Å². The number of terminal acetylenes is 1. The Kier molecular flexibility index (Phi) is 14.3. The van der Waals surface area contributed by atoms with E-state index in [0.717, 1.165) is 11.1 Å². The lowest BCUT2D eigenvalue weighted by atomic mass is 9.78. The number of carbonyl (C=O) groups excluding carboxylic acids is 1. The molecule has 278 valence electrons. The van der Waals surface area contributed by atoms with Gasteiger partial charge in [-0.2, -0.15) is 0 Å². The van der Waals surface area contributed by atoms with E-state index in [2.05, 4.69) is 5.92 Å². The fourth-order valence-corrected chi connectivity index (χ4v) is 7.77. The normalized spacial score (nSPS) is 42.1. The summed E-state index contributed by atoms with van der Waals surface area (Å²) in [4.78, 5) is 17.4. The largest absolute Gasteiger partial charge is 0.459 e. The summed E-state index contributed by atoms with van der Waals surface area (Å²) in [7, 11) is 3.76. The highest BCUT2D eigenvalue weighted by atomic mass is 16.7. The zero-order valence-electron chi connectivity index (χ0n) is 31.1. The molecule has 0 amide bonds. The van der Waals surface area contributed by atoms with Gasteiger partial charge in [-0.1, -0.05) is 38.8 Å². The van der Waals surface area contributed by atoms with E-state index in [0.29, 0.717) is 19.5 Å². The Hall–Kier alpha value is -2.11. The van der Waals surface area contributed by atoms with Crippen LogP contribution in [0, 0.1) is 30.1 Å². The summed E-state index contributed by atoms with van der Waals surface area (Å²) in [5.41, 5.74) is -1.50. The van der Waals surface area contributed by atoms with Crippen LogP contribution in [0.15, 0.2) is 24.3 Å². The molecule has 2 heterocycles. The molecule has 11 nitrogen and oxygen atoms in total. The molecule has 0 unspecified atom stereocenters. The van der Waals surface area contributed by atoms with Crippen molar-refractivity contribution in [2.24, 2.45) is 17.8 Å². The maximum Gasteiger partial charge on any atom is 0.311 e. The predicted octanol–water partition coefficient (Wildman–Crippen LogP) is 2.53. The Labute approximate surface area is 293 Å². The Morgan fingerprint density at radius 3 is 2.24 bits per heavy atom. The molecule has 0 bridgehead atoms. The molecule has 0 aliphatic carbocycles. The molecule has 2 aliphatic rings. The third kappa shape index (κ3) is 9.82. The molecule has 49 heavy (non-hydrogen) atoms. The Morgan fingerprint density at radius 1 is 1.06 bits per heavy atom. The average Bonchev–Trinajstić information content (AvgIpc) is 3.04. The van der Waals surface area contributed by atoms with Gasteiger partial charge in [0.1, 0.15) is 23.9 Å². The van der Waals surface area contributed by atoms with Gasteiger partial charge in [0, 0.05) is 36.7 Å². The average molecular weight is 691 g/mol. The second-order valence-corrected chi connectivity index (χ2v) is 15.4. The first-order chi connectivity index (χ1) is 22.7. The van der Waals surface area contributed by atoms with Crippen molar-refractivity contribution in [1.29, 1.82) is 0 Å². The standard InChI is InChI=1S/C38H62N2O9/c1-12-27-14-16-28(17-15-27)21-40(11)29-18-23(4)47-36(32(29)42)49-34-24(5)31(41)25(6)35(44)48-30(13-2)38(9,46)33(43)26(7)39(10)20-22(3)19-37(34,8)45/h1,14-17,22-26,29-34,36,41-43,45-46H,13,18-21H2,2-11H3/t22-,23-,24+,25-,26-,29+,30-,31+,32-,33-,34-,36+,37-,38-/m1/s1. The van der Waals surface area contributed by atoms with Crippen LogP contribution in [0.3, 0.4) is 0 Å². The third-order valence-electron chi connectivity index (χ3n) is 10.9. The second kappa shape index (κ2) is 16.9. The number of ether oxygens (including phenoxy) is 3. The highest BCUT2D eigenvalue weighted by molar-refractivity contribution is 5.73. The number of aliphatic hydroxyl groups excluding tert-OH is 3. The van der Waals surface area contributed by atoms with E-state index in [-0.39, 0.29) is 30.9 Å². The fourth-order valence-electron chi connectivity index (χ4n) is 7.77. The molecular weight excluding hydrogens is 628 g/mol. The Morgan fingerprint density at radius 2 is 1.67 bits per heavy atom. The van der Waals surface area contributed by atoms with Crippen molar-refractivity contribution in [3.8, 4) is 12.3 Å². The molecule has 1 aromatic carbocycles. The summed E-state index contributed by atoms with van der Waals surface area (Å²) >= 11 is 0. The highest BCUT2D eigenvalue weighted by Crippen LogP contribution is 2.37. The predicted molar refractivity (Wildman–Crippen MR) is 187 cm³/mol. The summed E-state index contributed by atoms with van der Waals surface area (Å²) in [5, 5.41) is 58.2. The molecule has 2 saturated heterocycles. The van der Waals surface area contributed by atoms with E-state index in [1.54, 1.807) is 27.7 Å². The molecular formula is C38H62N2O9. The number of rotatable bonds is 6. The van der Waals surface area contributed by atoms with E-state index >= 15 is 0 Å². The van der Waals surface area contributed by atoms with E-state index in [1.807, 2.05) is 62.0 Å². The van der Waals surface area contributed by atoms with Gasteiger partial charge in [0.05, 0.1) is 29.8 Å². The lowest BCUT2D eigenvalue weighted by Crippen LogP contribution is -2.59. The first kappa shape index (κ1) is 41.3. The van der Waals surface area contributed by atoms with Crippen LogP contribution in [-0.4, -0.2) is 128 Å². The van der Waals surface area contributed by atoms with Crippen molar-refractivity contribution >= 4 is 5.97 Å². The van der Waals surface area contributed by atoms with Crippen molar-refractivity contribution in [3.63, 3.8) is 0 Å². The third-order valence-corrected chi connectivity index (χ3v) is 10.9. The number of hydrogen-bond acceptors (Lipinski definition) is 11. The molecule has 0 aromatic heterocycles. The van der Waals surface area contributed by atoms with Crippen LogP contribution in [0.4, 0.5) is 0 Å². The van der Waals surface area contributed by atoms with Crippen LogP contribution >= 0.6 is 0 Å². The van der Waals surface area contributed by atoms with Crippen molar-refractivity contribution in [3.05, 3.63) is 35.4 Å². The van der Waals surface area contributed by atoms with Gasteiger partial charge in [0.15, 0.2) is 6.29 Å². The smallest absolute Gasteiger partial charge is 0.311 e. The van der Waals surface area contributed by atoms with Crippen LogP contribution in [0.1, 0.15) is 85.8 Å². The van der Waals surface area contributed by atoms with Crippen molar-refractivity contribution < 1.29 is 44.5 Å². The lowest BCUT2D eigenvalue weighted by Gasteiger charge is -2.47. The minimum Gasteiger partial charge on any atom is -0.459 e. The van der Waals surface area contributed by atoms with Gasteiger partial charge in [0.25, 0.3) is 0 Å². The quantitative estimate of drug-likeness (QED) is 0.221. The van der Waals surface area contributed by atoms with E-state index in [1.165, 1.54) is 13.8 Å². The van der Waals surface area contributed by atoms with Crippen LogP contribution in [0.2, 0.25) is 0 Å². The van der Waals surface area contributed by atoms with E-state index in [4.69, 9.17) is 20.6 Å². The number of aliphatic hydroxyl groups is 5. The summed E-state index contributed by atoms with van der Waals surface area (Å²) in [5.74, 6) is -0.154. The summed E-state index contributed by atoms with van der Waals surface area (Å²) in [6.45, 7) is 14.7. The number of nitrogens with zero attached hydrogens (tertiary/aromatic N) is 2. The molecule has 3 rings (SSSR count). The number of hydrogen-bond donors (Lipinski definition) is 5. The summed E-state index contributed by atoms with van der Waals surface area (Å²) in [6, 6.07) is 6.81. The zero-order chi connectivity index (χ0) is 37.0. The number of esters is 1. The van der Waals surface area contributed by atoms with Gasteiger partial charge >= 0.3 is 5.97 Å². The summed E-state index contributed by atoms with van der Waals surface area (Å²) < 4.78 is 18.5. The van der Waals surface area contributed by atoms with Crippen LogP contribution in [-0.2, 0) is 25.5 Å². The molecule has 2 fully saturated rings. The fraction of sp³-hybridized carbons (Fsp3) is 0.763. The zero-order valence-corrected chi connectivity index (χ0v) is 31.1. The van der Waals surface area contributed by atoms with Gasteiger partial charge in [0.2, 0.25) is 0 Å². The molecule has 11 heteroatoms. The van der Waals surface area contributed by atoms with Crippen molar-refractivity contribution in [2.75, 3.05) is 20.6 Å². The molecule has 14 atom stereocenters. The SMILES string of the molecule is C#Cc1ccc(CN(C)[C@H]2C[C@@H](C)O[C@@H](O[C@@H]3[C@@H](C)[C@H](O)[C@@H](C)C(=O)O[C@H](CC)[C@@](C)(O)[C@H](O)[C@@H](C)N(C)C[C@H](C)C[C@@]3(C)O)[C@@H]2O)cc1. The summed E-state index contributed by atoms with van der Waals surface area (Å²) in [6.07, 6.45) is -0.704. The van der Waals surface area contributed by atoms with Gasteiger partial charge in [-0.05, 0) is 91.6 Å². The molecule has 2 aliphatic heterocycles. The van der Waals surface area contributed by atoms with Gasteiger partial charge < -0.3 is 44.6 Å². The minimum atomic E-state index is -1.77. The maximum absolute atomic E-state index is 13.5. The lowest BCUT2D eigenvalue weighted by molar-refractivity contribution is -0.300. The topological polar surface area (TPSA) is 152 Å². The van der Waals surface area contributed by atoms with Gasteiger partial charge in [-0.25, -0.2) is 0 Å². The molecule has 0 spiro atoms. The van der Waals surface area contributed by atoms with Crippen LogP contribution < -0.4 is 0 Å². The number of likely N-dealkylation sites (N-methyl/N-ethyl adjacent to an activating group) is 2. The molecule has 0 saturated carbocycles. The first-order valence-corrected chi connectivity index (χ1v) is 17.7. The number of cyclic esters (lactones) is 1. The number of benzene rings is 1. The maximum atomic E-state index is 13.5. The van der Waals surface area contributed by atoms with Crippen molar-refractivity contribution in [1.82, 2.24) is 9.80 Å². The highest BCUT2D eigenvalue weighted by Gasteiger charge is 2.50. The molecule has 1 aromatic rings. The number of carbonyl (C=O) groups is 1. The monoisotopic (exact) mass is 690 g/mol. The molecule has 5 N–H and O–H groups in total. The van der Waals surface area contributed by atoms with E-state index < -0.39 is 71.9 Å². The van der Waals surface area contributed by atoms with E-state index in [9.17, 15) is 30.3 Å². The Balaban J connectivity index is 1.95. The second-order valence-electron chi connectivity index (χ2n) is 15.4. The van der Waals surface area contributed by atoms with Gasteiger partial charge in [-0.3, -0.25) is 9.69 Å². The van der Waals surface area contributed by atoms with Crippen LogP contribution in [0.25, 0.3) is 0 Å². The minimum absolute atomic E-state index is 0.131. The van der Waals surface area contributed by atoms with Crippen LogP contribution in [0.5, 0.6) is 0 Å². The Bertz CT molecular complexity index is 1250. The molecule has 0 radical (unpaired) electrons. The first-order valence-electron chi connectivity index (χ1n) is 17.7. The van der Waals surface area contributed by atoms with Crippen molar-refractivity contribution in [2.45, 2.75) is 147 Å².